The standard InChI is InChI=1S/C21H23N3O3S/c1-3-26-18-11-9-17(10-12-18)20-23-24-21(27-20)28-15(2)19(25)22-14-13-16-7-5-4-6-8-16/h4-12,15H,3,13-14H2,1-2H3,(H,22,25)/t15-/m1/s1. The summed E-state index contributed by atoms with van der Waals surface area (Å²) >= 11 is 1.25. The van der Waals surface area contributed by atoms with Gasteiger partial charge in [-0.1, -0.05) is 42.1 Å². The molecule has 2 aromatic carbocycles. The van der Waals surface area contributed by atoms with E-state index in [1.54, 1.807) is 0 Å². The lowest BCUT2D eigenvalue weighted by molar-refractivity contribution is -0.120. The zero-order valence-corrected chi connectivity index (χ0v) is 16.7. The zero-order valence-electron chi connectivity index (χ0n) is 15.9. The number of nitrogens with zero attached hydrogens (tertiary/aromatic N) is 2. The highest BCUT2D eigenvalue weighted by Crippen LogP contribution is 2.27. The molecular formula is C21H23N3O3S. The molecule has 0 bridgehead atoms. The molecule has 1 heterocycles. The first-order valence-corrected chi connectivity index (χ1v) is 10.1. The van der Waals surface area contributed by atoms with Crippen molar-refractivity contribution in [1.29, 1.82) is 0 Å². The number of aromatic nitrogens is 2. The van der Waals surface area contributed by atoms with E-state index >= 15 is 0 Å². The Labute approximate surface area is 168 Å². The summed E-state index contributed by atoms with van der Waals surface area (Å²) in [6.07, 6.45) is 0.798. The first kappa shape index (κ1) is 19.9. The van der Waals surface area contributed by atoms with Crippen molar-refractivity contribution >= 4 is 17.7 Å². The monoisotopic (exact) mass is 397 g/mol. The lowest BCUT2D eigenvalue weighted by atomic mass is 10.1. The number of benzene rings is 2. The average Bonchev–Trinajstić information content (AvgIpc) is 3.18. The van der Waals surface area contributed by atoms with Crippen LogP contribution in [0.1, 0.15) is 19.4 Å². The maximum absolute atomic E-state index is 12.3. The summed E-state index contributed by atoms with van der Waals surface area (Å²) in [5, 5.41) is 11.1. The third kappa shape index (κ3) is 5.60. The van der Waals surface area contributed by atoms with Gasteiger partial charge in [0.25, 0.3) is 5.22 Å². The molecule has 6 nitrogen and oxygen atoms in total. The number of carbonyl (C=O) groups excluding carboxylic acids is 1. The van der Waals surface area contributed by atoms with Crippen molar-refractivity contribution < 1.29 is 13.9 Å². The van der Waals surface area contributed by atoms with Gasteiger partial charge in [-0.25, -0.2) is 0 Å². The number of carbonyl (C=O) groups is 1. The second-order valence-corrected chi connectivity index (χ2v) is 7.41. The highest BCUT2D eigenvalue weighted by atomic mass is 32.2. The van der Waals surface area contributed by atoms with Gasteiger partial charge < -0.3 is 14.5 Å². The smallest absolute Gasteiger partial charge is 0.277 e. The lowest BCUT2D eigenvalue weighted by Gasteiger charge is -2.09. The minimum atomic E-state index is -0.329. The summed E-state index contributed by atoms with van der Waals surface area (Å²) in [6, 6.07) is 17.5. The Bertz CT molecular complexity index is 881. The molecule has 28 heavy (non-hydrogen) atoms. The molecule has 0 saturated heterocycles. The van der Waals surface area contributed by atoms with Gasteiger partial charge in [0, 0.05) is 12.1 Å². The number of nitrogens with one attached hydrogen (secondary N) is 1. The van der Waals surface area contributed by atoms with Crippen LogP contribution in [0.15, 0.2) is 64.2 Å². The topological polar surface area (TPSA) is 77.2 Å². The van der Waals surface area contributed by atoms with E-state index in [0.717, 1.165) is 17.7 Å². The van der Waals surface area contributed by atoms with Gasteiger partial charge in [-0.05, 0) is 50.1 Å². The summed E-state index contributed by atoms with van der Waals surface area (Å²) < 4.78 is 11.1. The molecule has 0 fully saturated rings. The van der Waals surface area contributed by atoms with E-state index in [-0.39, 0.29) is 11.2 Å². The highest BCUT2D eigenvalue weighted by Gasteiger charge is 2.18. The van der Waals surface area contributed by atoms with Gasteiger partial charge in [0.05, 0.1) is 11.9 Å². The van der Waals surface area contributed by atoms with Crippen molar-refractivity contribution in [3.63, 3.8) is 0 Å². The largest absolute Gasteiger partial charge is 0.494 e. The van der Waals surface area contributed by atoms with E-state index in [1.807, 2.05) is 68.4 Å². The molecule has 7 heteroatoms. The molecule has 0 radical (unpaired) electrons. The molecular weight excluding hydrogens is 374 g/mol. The SMILES string of the molecule is CCOc1ccc(-c2nnc(S[C@H](C)C(=O)NCCc3ccccc3)o2)cc1. The molecule has 0 aliphatic rings. The molecule has 0 unspecified atom stereocenters. The molecule has 1 aromatic heterocycles. The van der Waals surface area contributed by atoms with Crippen LogP contribution in [-0.4, -0.2) is 34.5 Å². The Morgan fingerprint density at radius 1 is 1.14 bits per heavy atom. The van der Waals surface area contributed by atoms with Crippen LogP contribution in [-0.2, 0) is 11.2 Å². The molecule has 0 saturated carbocycles. The van der Waals surface area contributed by atoms with Gasteiger partial charge >= 0.3 is 0 Å². The van der Waals surface area contributed by atoms with Crippen molar-refractivity contribution in [2.45, 2.75) is 30.7 Å². The van der Waals surface area contributed by atoms with E-state index in [1.165, 1.54) is 17.3 Å². The second-order valence-electron chi connectivity index (χ2n) is 6.12. The van der Waals surface area contributed by atoms with Crippen LogP contribution in [0.25, 0.3) is 11.5 Å². The number of hydrogen-bond donors (Lipinski definition) is 1. The first-order valence-electron chi connectivity index (χ1n) is 9.20. The van der Waals surface area contributed by atoms with Crippen LogP contribution in [0, 0.1) is 0 Å². The van der Waals surface area contributed by atoms with Crippen LogP contribution in [0.2, 0.25) is 0 Å². The average molecular weight is 398 g/mol. The van der Waals surface area contributed by atoms with Crippen molar-refractivity contribution in [3.05, 3.63) is 60.2 Å². The lowest BCUT2D eigenvalue weighted by Crippen LogP contribution is -2.32. The second kappa shape index (κ2) is 9.94. The van der Waals surface area contributed by atoms with Gasteiger partial charge in [0.1, 0.15) is 5.75 Å². The number of ether oxygens (including phenoxy) is 1. The zero-order chi connectivity index (χ0) is 19.8. The molecule has 0 spiro atoms. The normalized spacial score (nSPS) is 11.8. The van der Waals surface area contributed by atoms with Gasteiger partial charge in [-0.3, -0.25) is 4.79 Å². The van der Waals surface area contributed by atoms with Crippen LogP contribution in [0.4, 0.5) is 0 Å². The predicted molar refractivity (Wildman–Crippen MR) is 109 cm³/mol. The van der Waals surface area contributed by atoms with E-state index in [4.69, 9.17) is 9.15 Å². The van der Waals surface area contributed by atoms with Crippen LogP contribution >= 0.6 is 11.8 Å². The van der Waals surface area contributed by atoms with Gasteiger partial charge in [0.15, 0.2) is 0 Å². The molecule has 146 valence electrons. The van der Waals surface area contributed by atoms with Gasteiger partial charge in [0.2, 0.25) is 11.8 Å². The summed E-state index contributed by atoms with van der Waals surface area (Å²) in [6.45, 7) is 4.97. The van der Waals surface area contributed by atoms with E-state index in [9.17, 15) is 4.79 Å². The Balaban J connectivity index is 1.50. The van der Waals surface area contributed by atoms with Crippen LogP contribution in [0.3, 0.4) is 0 Å². The minimum absolute atomic E-state index is 0.0539. The molecule has 3 rings (SSSR count). The Morgan fingerprint density at radius 3 is 2.61 bits per heavy atom. The third-order valence-corrected chi connectivity index (χ3v) is 4.96. The van der Waals surface area contributed by atoms with Crippen LogP contribution in [0.5, 0.6) is 5.75 Å². The van der Waals surface area contributed by atoms with E-state index in [2.05, 4.69) is 15.5 Å². The maximum atomic E-state index is 12.3. The highest BCUT2D eigenvalue weighted by molar-refractivity contribution is 8.00. The van der Waals surface area contributed by atoms with Crippen molar-refractivity contribution in [2.24, 2.45) is 0 Å². The van der Waals surface area contributed by atoms with Crippen molar-refractivity contribution in [2.75, 3.05) is 13.2 Å². The molecule has 0 aliphatic carbocycles. The molecule has 1 atom stereocenters. The van der Waals surface area contributed by atoms with E-state index in [0.29, 0.717) is 24.3 Å². The molecule has 0 aliphatic heterocycles. The third-order valence-electron chi connectivity index (χ3n) is 4.02. The fourth-order valence-electron chi connectivity index (χ4n) is 2.56. The number of rotatable bonds is 9. The van der Waals surface area contributed by atoms with Crippen molar-refractivity contribution in [3.8, 4) is 17.2 Å². The van der Waals surface area contributed by atoms with Gasteiger partial charge in [-0.15, -0.1) is 10.2 Å². The Hall–Kier alpha value is -2.80. The van der Waals surface area contributed by atoms with Crippen LogP contribution < -0.4 is 10.1 Å². The fraction of sp³-hybridized carbons (Fsp3) is 0.286. The molecule has 3 aromatic rings. The summed E-state index contributed by atoms with van der Waals surface area (Å²) in [7, 11) is 0. The Kier molecular flexibility index (Phi) is 7.08. The number of thioether (sulfide) groups is 1. The number of amides is 1. The summed E-state index contributed by atoms with van der Waals surface area (Å²) in [5.74, 6) is 1.16. The fourth-order valence-corrected chi connectivity index (χ4v) is 3.27. The van der Waals surface area contributed by atoms with E-state index < -0.39 is 0 Å². The summed E-state index contributed by atoms with van der Waals surface area (Å²) in [4.78, 5) is 12.3. The molecule has 1 N–H and O–H groups in total. The number of hydrogen-bond acceptors (Lipinski definition) is 6. The first-order chi connectivity index (χ1) is 13.7. The molecule has 1 amide bonds. The summed E-state index contributed by atoms with van der Waals surface area (Å²) in [5.41, 5.74) is 2.00. The predicted octanol–water partition coefficient (Wildman–Crippen LogP) is 3.97. The van der Waals surface area contributed by atoms with Gasteiger partial charge in [-0.2, -0.15) is 0 Å². The minimum Gasteiger partial charge on any atom is -0.494 e. The Morgan fingerprint density at radius 2 is 1.89 bits per heavy atom. The van der Waals surface area contributed by atoms with Crippen molar-refractivity contribution in [1.82, 2.24) is 15.5 Å². The maximum Gasteiger partial charge on any atom is 0.277 e. The quantitative estimate of drug-likeness (QED) is 0.551.